The van der Waals surface area contributed by atoms with E-state index in [0.29, 0.717) is 12.5 Å². The number of nitriles is 1. The molecule has 1 saturated heterocycles. The molecule has 7 heteroatoms. The third kappa shape index (κ3) is 3.09. The van der Waals surface area contributed by atoms with Gasteiger partial charge in [0.1, 0.15) is 17.4 Å². The van der Waals surface area contributed by atoms with Crippen molar-refractivity contribution in [3.63, 3.8) is 0 Å². The smallest absolute Gasteiger partial charge is 0.138 e. The van der Waals surface area contributed by atoms with E-state index >= 15 is 0 Å². The number of fused-ring (bicyclic) bond motifs is 3. The maximum absolute atomic E-state index is 10.3. The van der Waals surface area contributed by atoms with E-state index in [1.165, 1.54) is 0 Å². The summed E-state index contributed by atoms with van der Waals surface area (Å²) in [6.07, 6.45) is 4.93. The first-order chi connectivity index (χ1) is 12.7. The Kier molecular flexibility index (Phi) is 4.90. The number of thiophene rings is 1. The molecular formula is C19H23N5OS. The summed E-state index contributed by atoms with van der Waals surface area (Å²) in [6, 6.07) is 4.57. The van der Waals surface area contributed by atoms with Gasteiger partial charge in [-0.25, -0.2) is 4.98 Å². The maximum atomic E-state index is 10.3. The van der Waals surface area contributed by atoms with Gasteiger partial charge in [-0.2, -0.15) is 5.26 Å². The van der Waals surface area contributed by atoms with Gasteiger partial charge >= 0.3 is 0 Å². The van der Waals surface area contributed by atoms with Gasteiger partial charge in [0, 0.05) is 25.6 Å². The highest BCUT2D eigenvalue weighted by molar-refractivity contribution is 7.18. The first kappa shape index (κ1) is 17.4. The molecule has 6 nitrogen and oxygen atoms in total. The van der Waals surface area contributed by atoms with Gasteiger partial charge in [0.15, 0.2) is 0 Å². The van der Waals surface area contributed by atoms with Crippen molar-refractivity contribution < 1.29 is 5.11 Å². The standard InChI is InChI=1S/C19H23N5OS/c1-13(25)19-22-16-11-21-15-6-10-26-18(15)17(16)24(19)14-5-9-23(12-14)8-4-2-3-7-20/h6,10-11,13-14,25H,2-5,8-9,12H2,1H3. The number of pyridine rings is 1. The molecule has 2 atom stereocenters. The van der Waals surface area contributed by atoms with Crippen LogP contribution in [0.15, 0.2) is 17.6 Å². The third-order valence-electron chi connectivity index (χ3n) is 5.15. The van der Waals surface area contributed by atoms with Crippen LogP contribution in [0.4, 0.5) is 0 Å². The summed E-state index contributed by atoms with van der Waals surface area (Å²) in [5, 5.41) is 21.0. The number of unbranched alkanes of at least 4 members (excludes halogenated alkanes) is 2. The Morgan fingerprint density at radius 2 is 2.31 bits per heavy atom. The van der Waals surface area contributed by atoms with Crippen molar-refractivity contribution in [3.8, 4) is 6.07 Å². The molecule has 2 unspecified atom stereocenters. The Balaban J connectivity index is 1.66. The topological polar surface area (TPSA) is 78.0 Å². The zero-order valence-corrected chi connectivity index (χ0v) is 15.7. The lowest BCUT2D eigenvalue weighted by Gasteiger charge is -2.20. The fourth-order valence-corrected chi connectivity index (χ4v) is 4.81. The van der Waals surface area contributed by atoms with Crippen molar-refractivity contribution in [2.75, 3.05) is 19.6 Å². The van der Waals surface area contributed by atoms with Gasteiger partial charge < -0.3 is 14.6 Å². The quantitative estimate of drug-likeness (QED) is 0.671. The Bertz CT molecular complexity index is 954. The number of hydrogen-bond acceptors (Lipinski definition) is 6. The summed E-state index contributed by atoms with van der Waals surface area (Å²) >= 11 is 1.69. The lowest BCUT2D eigenvalue weighted by molar-refractivity contribution is 0.181. The molecule has 0 amide bonds. The number of rotatable bonds is 6. The van der Waals surface area contributed by atoms with Gasteiger partial charge in [-0.1, -0.05) is 0 Å². The van der Waals surface area contributed by atoms with Gasteiger partial charge in [0.25, 0.3) is 0 Å². The van der Waals surface area contributed by atoms with Crippen molar-refractivity contribution >= 4 is 32.6 Å². The Morgan fingerprint density at radius 1 is 1.42 bits per heavy atom. The van der Waals surface area contributed by atoms with E-state index in [1.807, 2.05) is 12.3 Å². The van der Waals surface area contributed by atoms with Crippen molar-refractivity contribution in [1.29, 1.82) is 5.26 Å². The van der Waals surface area contributed by atoms with Crippen LogP contribution in [0.5, 0.6) is 0 Å². The van der Waals surface area contributed by atoms with Crippen LogP contribution in [0.1, 0.15) is 50.6 Å². The van der Waals surface area contributed by atoms with E-state index < -0.39 is 6.10 Å². The van der Waals surface area contributed by atoms with Crippen LogP contribution < -0.4 is 0 Å². The summed E-state index contributed by atoms with van der Waals surface area (Å²) in [6.45, 7) is 4.83. The lowest BCUT2D eigenvalue weighted by Crippen LogP contribution is -2.23. The van der Waals surface area contributed by atoms with E-state index in [4.69, 9.17) is 10.2 Å². The van der Waals surface area contributed by atoms with Gasteiger partial charge in [-0.3, -0.25) is 4.98 Å². The largest absolute Gasteiger partial charge is 0.385 e. The number of aliphatic hydroxyl groups excluding tert-OH is 1. The molecule has 26 heavy (non-hydrogen) atoms. The minimum atomic E-state index is -0.609. The fraction of sp³-hybridized carbons (Fsp3) is 0.526. The zero-order chi connectivity index (χ0) is 18.1. The van der Waals surface area contributed by atoms with Crippen molar-refractivity contribution in [3.05, 3.63) is 23.5 Å². The number of hydrogen-bond donors (Lipinski definition) is 1. The van der Waals surface area contributed by atoms with Crippen LogP contribution in [0.3, 0.4) is 0 Å². The van der Waals surface area contributed by atoms with Crippen LogP contribution in [0.2, 0.25) is 0 Å². The van der Waals surface area contributed by atoms with Crippen LogP contribution in [-0.4, -0.2) is 44.2 Å². The van der Waals surface area contributed by atoms with Gasteiger partial charge in [0.2, 0.25) is 0 Å². The van der Waals surface area contributed by atoms with E-state index in [9.17, 15) is 5.11 Å². The van der Waals surface area contributed by atoms with Crippen molar-refractivity contribution in [1.82, 2.24) is 19.4 Å². The van der Waals surface area contributed by atoms with Gasteiger partial charge in [-0.15, -0.1) is 11.3 Å². The van der Waals surface area contributed by atoms with E-state index in [0.717, 1.165) is 66.0 Å². The molecule has 4 heterocycles. The van der Waals surface area contributed by atoms with Gasteiger partial charge in [-0.05, 0) is 44.2 Å². The molecule has 0 bridgehead atoms. The second-order valence-electron chi connectivity index (χ2n) is 7.00. The Morgan fingerprint density at radius 3 is 3.12 bits per heavy atom. The molecule has 3 aromatic heterocycles. The van der Waals surface area contributed by atoms with Gasteiger partial charge in [0.05, 0.1) is 28.0 Å². The molecule has 0 saturated carbocycles. The predicted molar refractivity (Wildman–Crippen MR) is 103 cm³/mol. The second kappa shape index (κ2) is 7.31. The number of aromatic nitrogens is 3. The molecule has 0 radical (unpaired) electrons. The van der Waals surface area contributed by atoms with E-state index in [1.54, 1.807) is 18.3 Å². The van der Waals surface area contributed by atoms with Crippen LogP contribution in [0, 0.1) is 11.3 Å². The molecule has 1 aliphatic rings. The van der Waals surface area contributed by atoms with Crippen LogP contribution >= 0.6 is 11.3 Å². The predicted octanol–water partition coefficient (Wildman–Crippen LogP) is 3.64. The normalized spacial score (nSPS) is 19.3. The first-order valence-electron chi connectivity index (χ1n) is 9.20. The SMILES string of the molecule is CC(O)c1nc2cnc3ccsc3c2n1C1CCN(CCCCC#N)C1. The average molecular weight is 369 g/mol. The first-order valence-corrected chi connectivity index (χ1v) is 10.1. The Hall–Kier alpha value is -2.01. The summed E-state index contributed by atoms with van der Waals surface area (Å²) in [5.74, 6) is 0.735. The molecule has 4 rings (SSSR count). The minimum Gasteiger partial charge on any atom is -0.385 e. The molecule has 3 aromatic rings. The fourth-order valence-electron chi connectivity index (χ4n) is 3.93. The minimum absolute atomic E-state index is 0.313. The van der Waals surface area contributed by atoms with E-state index in [-0.39, 0.29) is 0 Å². The molecule has 136 valence electrons. The van der Waals surface area contributed by atoms with Crippen molar-refractivity contribution in [2.45, 2.75) is 44.8 Å². The second-order valence-corrected chi connectivity index (χ2v) is 7.92. The monoisotopic (exact) mass is 369 g/mol. The molecule has 0 aromatic carbocycles. The molecule has 1 aliphatic heterocycles. The third-order valence-corrected chi connectivity index (χ3v) is 6.06. The summed E-state index contributed by atoms with van der Waals surface area (Å²) in [4.78, 5) is 11.7. The van der Waals surface area contributed by atoms with Crippen LogP contribution in [0.25, 0.3) is 21.3 Å². The van der Waals surface area contributed by atoms with Crippen molar-refractivity contribution in [2.24, 2.45) is 0 Å². The highest BCUT2D eigenvalue weighted by atomic mass is 32.1. The molecule has 0 aliphatic carbocycles. The Labute approximate surface area is 156 Å². The number of likely N-dealkylation sites (tertiary alicyclic amines) is 1. The zero-order valence-electron chi connectivity index (χ0n) is 14.9. The highest BCUT2D eigenvalue weighted by Crippen LogP contribution is 2.35. The average Bonchev–Trinajstić information content (AvgIpc) is 3.34. The highest BCUT2D eigenvalue weighted by Gasteiger charge is 2.29. The lowest BCUT2D eigenvalue weighted by atomic mass is 10.2. The molecule has 0 spiro atoms. The molecule has 1 N–H and O–H groups in total. The molecular weight excluding hydrogens is 346 g/mol. The molecule has 1 fully saturated rings. The number of nitrogens with zero attached hydrogens (tertiary/aromatic N) is 5. The summed E-state index contributed by atoms with van der Waals surface area (Å²) in [5.41, 5.74) is 2.97. The van der Waals surface area contributed by atoms with Crippen LogP contribution in [-0.2, 0) is 0 Å². The van der Waals surface area contributed by atoms with E-state index in [2.05, 4.69) is 25.9 Å². The summed E-state index contributed by atoms with van der Waals surface area (Å²) in [7, 11) is 0. The number of aliphatic hydroxyl groups is 1. The number of imidazole rings is 1. The summed E-state index contributed by atoms with van der Waals surface area (Å²) < 4.78 is 3.41. The maximum Gasteiger partial charge on any atom is 0.138 e.